The Bertz CT molecular complexity index is 477. The summed E-state index contributed by atoms with van der Waals surface area (Å²) < 4.78 is 13.0. The van der Waals surface area contributed by atoms with Crippen molar-refractivity contribution in [3.8, 4) is 0 Å². The van der Waals surface area contributed by atoms with Crippen LogP contribution in [0.2, 0.25) is 0 Å². The molecule has 5 nitrogen and oxygen atoms in total. The summed E-state index contributed by atoms with van der Waals surface area (Å²) >= 11 is 0. The van der Waals surface area contributed by atoms with Crippen molar-refractivity contribution in [3.05, 3.63) is 29.6 Å². The Morgan fingerprint density at radius 1 is 1.42 bits per heavy atom. The number of hydrogen-bond donors (Lipinski definition) is 3. The number of amides is 2. The molecule has 1 aromatic carbocycles. The average molecular weight is 268 g/mol. The molecule has 0 spiro atoms. The van der Waals surface area contributed by atoms with Gasteiger partial charge in [-0.15, -0.1) is 0 Å². The van der Waals surface area contributed by atoms with Crippen LogP contribution in [-0.2, 0) is 4.79 Å². The Morgan fingerprint density at radius 2 is 2.11 bits per heavy atom. The van der Waals surface area contributed by atoms with Gasteiger partial charge in [-0.1, -0.05) is 6.92 Å². The number of rotatable bonds is 5. The highest BCUT2D eigenvalue weighted by atomic mass is 19.1. The number of anilines is 1. The number of carboxylic acid groups (broad SMARTS) is 1. The molecule has 19 heavy (non-hydrogen) atoms. The summed E-state index contributed by atoms with van der Waals surface area (Å²) in [5.41, 5.74) is 0.930. The number of aryl methyl sites for hydroxylation is 1. The number of benzene rings is 1. The zero-order valence-corrected chi connectivity index (χ0v) is 10.9. The molecule has 3 N–H and O–H groups in total. The number of urea groups is 1. The fourth-order valence-electron chi connectivity index (χ4n) is 1.53. The second-order valence-corrected chi connectivity index (χ2v) is 4.50. The van der Waals surface area contributed by atoms with Gasteiger partial charge in [0.1, 0.15) is 5.82 Å². The lowest BCUT2D eigenvalue weighted by molar-refractivity contribution is -0.137. The first kappa shape index (κ1) is 14.9. The van der Waals surface area contributed by atoms with Crippen LogP contribution < -0.4 is 10.6 Å². The molecule has 0 heterocycles. The largest absolute Gasteiger partial charge is 0.481 e. The highest BCUT2D eigenvalue weighted by Gasteiger charge is 2.09. The zero-order valence-electron chi connectivity index (χ0n) is 10.9. The van der Waals surface area contributed by atoms with Crippen LogP contribution in [0, 0.1) is 18.7 Å². The molecule has 0 saturated heterocycles. The van der Waals surface area contributed by atoms with Gasteiger partial charge in [0, 0.05) is 18.7 Å². The normalized spacial score (nSPS) is 11.7. The number of aliphatic carboxylic acids is 1. The third kappa shape index (κ3) is 5.37. The molecule has 0 bridgehead atoms. The molecular weight excluding hydrogens is 251 g/mol. The Hall–Kier alpha value is -2.11. The van der Waals surface area contributed by atoms with Crippen LogP contribution in [0.15, 0.2) is 18.2 Å². The van der Waals surface area contributed by atoms with E-state index in [1.165, 1.54) is 18.2 Å². The molecule has 0 radical (unpaired) electrons. The van der Waals surface area contributed by atoms with Crippen LogP contribution in [0.4, 0.5) is 14.9 Å². The van der Waals surface area contributed by atoms with Gasteiger partial charge in [0.25, 0.3) is 0 Å². The van der Waals surface area contributed by atoms with Crippen molar-refractivity contribution in [2.45, 2.75) is 20.3 Å². The van der Waals surface area contributed by atoms with Crippen LogP contribution >= 0.6 is 0 Å². The van der Waals surface area contributed by atoms with E-state index in [-0.39, 0.29) is 24.7 Å². The summed E-state index contributed by atoms with van der Waals surface area (Å²) in [5.74, 6) is -1.39. The van der Waals surface area contributed by atoms with Crippen LogP contribution in [0.25, 0.3) is 0 Å². The third-order valence-electron chi connectivity index (χ3n) is 2.55. The predicted molar refractivity (Wildman–Crippen MR) is 69.6 cm³/mol. The van der Waals surface area contributed by atoms with E-state index < -0.39 is 12.0 Å². The minimum Gasteiger partial charge on any atom is -0.481 e. The number of carbonyl (C=O) groups excluding carboxylic acids is 1. The first-order valence-corrected chi connectivity index (χ1v) is 5.91. The molecule has 0 saturated carbocycles. The van der Waals surface area contributed by atoms with E-state index in [0.29, 0.717) is 11.3 Å². The molecule has 0 aromatic heterocycles. The van der Waals surface area contributed by atoms with Gasteiger partial charge in [-0.3, -0.25) is 4.79 Å². The van der Waals surface area contributed by atoms with Gasteiger partial charge >= 0.3 is 12.0 Å². The van der Waals surface area contributed by atoms with Crippen LogP contribution in [0.5, 0.6) is 0 Å². The molecule has 104 valence electrons. The molecular formula is C13H17FN2O3. The molecule has 0 fully saturated rings. The van der Waals surface area contributed by atoms with E-state index in [2.05, 4.69) is 10.6 Å². The molecule has 0 aliphatic heterocycles. The number of nitrogens with one attached hydrogen (secondary N) is 2. The van der Waals surface area contributed by atoms with Crippen molar-refractivity contribution in [2.75, 3.05) is 11.9 Å². The van der Waals surface area contributed by atoms with Crippen molar-refractivity contribution in [2.24, 2.45) is 5.92 Å². The van der Waals surface area contributed by atoms with Gasteiger partial charge in [-0.25, -0.2) is 9.18 Å². The molecule has 1 aromatic rings. The third-order valence-corrected chi connectivity index (χ3v) is 2.55. The van der Waals surface area contributed by atoms with Crippen molar-refractivity contribution in [1.82, 2.24) is 5.32 Å². The van der Waals surface area contributed by atoms with E-state index in [9.17, 15) is 14.0 Å². The Balaban J connectivity index is 2.42. The fourth-order valence-corrected chi connectivity index (χ4v) is 1.53. The van der Waals surface area contributed by atoms with Gasteiger partial charge in [-0.2, -0.15) is 0 Å². The molecule has 0 aliphatic carbocycles. The van der Waals surface area contributed by atoms with E-state index in [0.717, 1.165) is 0 Å². The lowest BCUT2D eigenvalue weighted by atomic mass is 10.1. The van der Waals surface area contributed by atoms with Gasteiger partial charge in [0.05, 0.1) is 0 Å². The van der Waals surface area contributed by atoms with Crippen LogP contribution in [-0.4, -0.2) is 23.7 Å². The highest BCUT2D eigenvalue weighted by molar-refractivity contribution is 5.89. The van der Waals surface area contributed by atoms with Crippen molar-refractivity contribution < 1.29 is 19.1 Å². The Morgan fingerprint density at radius 3 is 2.68 bits per heavy atom. The van der Waals surface area contributed by atoms with Crippen molar-refractivity contribution in [1.29, 1.82) is 0 Å². The predicted octanol–water partition coefficient (Wildman–Crippen LogP) is 2.37. The number of carboxylic acids is 1. The van der Waals surface area contributed by atoms with Crippen LogP contribution in [0.1, 0.15) is 18.9 Å². The first-order valence-electron chi connectivity index (χ1n) is 5.91. The summed E-state index contributed by atoms with van der Waals surface area (Å²) in [6.07, 6.45) is -0.00403. The number of halogens is 1. The second-order valence-electron chi connectivity index (χ2n) is 4.50. The summed E-state index contributed by atoms with van der Waals surface area (Å²) in [5, 5.41) is 13.7. The molecule has 1 atom stereocenters. The minimum atomic E-state index is -0.899. The maximum Gasteiger partial charge on any atom is 0.319 e. The van der Waals surface area contributed by atoms with Crippen molar-refractivity contribution >= 4 is 17.7 Å². The number of hydrogen-bond acceptors (Lipinski definition) is 2. The minimum absolute atomic E-state index is 0.00403. The monoisotopic (exact) mass is 268 g/mol. The van der Waals surface area contributed by atoms with Crippen molar-refractivity contribution in [3.63, 3.8) is 0 Å². The van der Waals surface area contributed by atoms with E-state index in [4.69, 9.17) is 5.11 Å². The molecule has 2 amide bonds. The zero-order chi connectivity index (χ0) is 14.4. The number of carbonyl (C=O) groups is 2. The average Bonchev–Trinajstić information content (AvgIpc) is 2.30. The summed E-state index contributed by atoms with van der Waals surface area (Å²) in [6, 6.07) is 3.82. The van der Waals surface area contributed by atoms with Gasteiger partial charge in [0.15, 0.2) is 0 Å². The SMILES string of the molecule is Cc1cc(NC(=O)NCC(C)CC(=O)O)ccc1F. The maximum atomic E-state index is 13.0. The van der Waals surface area contributed by atoms with Crippen LogP contribution in [0.3, 0.4) is 0 Å². The molecule has 6 heteroatoms. The lowest BCUT2D eigenvalue weighted by Crippen LogP contribution is -2.33. The summed E-state index contributed by atoms with van der Waals surface area (Å²) in [7, 11) is 0. The summed E-state index contributed by atoms with van der Waals surface area (Å²) in [4.78, 5) is 22.0. The molecule has 0 aliphatic rings. The highest BCUT2D eigenvalue weighted by Crippen LogP contribution is 2.13. The van der Waals surface area contributed by atoms with Gasteiger partial charge in [0.2, 0.25) is 0 Å². The first-order chi connectivity index (χ1) is 8.88. The van der Waals surface area contributed by atoms with E-state index >= 15 is 0 Å². The van der Waals surface area contributed by atoms with E-state index in [1.807, 2.05) is 0 Å². The van der Waals surface area contributed by atoms with Gasteiger partial charge < -0.3 is 15.7 Å². The van der Waals surface area contributed by atoms with E-state index in [1.54, 1.807) is 13.8 Å². The summed E-state index contributed by atoms with van der Waals surface area (Å²) in [6.45, 7) is 3.60. The standard InChI is InChI=1S/C13H17FN2O3/c1-8(5-12(17)18)7-15-13(19)16-10-3-4-11(14)9(2)6-10/h3-4,6,8H,5,7H2,1-2H3,(H,17,18)(H2,15,16,19). The maximum absolute atomic E-state index is 13.0. The Kier molecular flexibility index (Phi) is 5.29. The molecule has 1 unspecified atom stereocenters. The molecule has 1 rings (SSSR count). The lowest BCUT2D eigenvalue weighted by Gasteiger charge is -2.11. The smallest absolute Gasteiger partial charge is 0.319 e. The quantitative estimate of drug-likeness (QED) is 0.767. The van der Waals surface area contributed by atoms with Gasteiger partial charge in [-0.05, 0) is 36.6 Å². The topological polar surface area (TPSA) is 78.4 Å². The fraction of sp³-hybridized carbons (Fsp3) is 0.385. The Labute approximate surface area is 110 Å². The second kappa shape index (κ2) is 6.72.